The van der Waals surface area contributed by atoms with E-state index in [9.17, 15) is 13.6 Å². The molecule has 0 bridgehead atoms. The van der Waals surface area contributed by atoms with Gasteiger partial charge in [-0.05, 0) is 39.0 Å². The number of nitrogens with one attached hydrogen (secondary N) is 2. The van der Waals surface area contributed by atoms with Gasteiger partial charge in [0.2, 0.25) is 5.95 Å². The van der Waals surface area contributed by atoms with Gasteiger partial charge in [-0.2, -0.15) is 18.9 Å². The lowest BCUT2D eigenvalue weighted by Crippen LogP contribution is -2.24. The van der Waals surface area contributed by atoms with Crippen LogP contribution in [0.25, 0.3) is 11.0 Å². The summed E-state index contributed by atoms with van der Waals surface area (Å²) in [5.41, 5.74) is 0.225. The molecule has 2 heterocycles. The maximum Gasteiger partial charge on any atom is 0.387 e. The Morgan fingerprint density at radius 3 is 2.78 bits per heavy atom. The molecule has 0 spiro atoms. The van der Waals surface area contributed by atoms with Gasteiger partial charge in [0.25, 0.3) is 5.56 Å². The van der Waals surface area contributed by atoms with Crippen molar-refractivity contribution in [1.82, 2.24) is 19.7 Å². The highest BCUT2D eigenvalue weighted by Crippen LogP contribution is 2.25. The number of hydrogen-bond acceptors (Lipinski definition) is 5. The highest BCUT2D eigenvalue weighted by molar-refractivity contribution is 9.10. The predicted molar refractivity (Wildman–Crippen MR) is 101 cm³/mol. The van der Waals surface area contributed by atoms with Gasteiger partial charge in [0, 0.05) is 16.6 Å². The zero-order valence-electron chi connectivity index (χ0n) is 14.9. The Morgan fingerprint density at radius 1 is 1.37 bits per heavy atom. The first-order chi connectivity index (χ1) is 12.6. The molecule has 7 nitrogen and oxygen atoms in total. The van der Waals surface area contributed by atoms with Crippen LogP contribution in [0, 0.1) is 0 Å². The summed E-state index contributed by atoms with van der Waals surface area (Å²) in [6.45, 7) is 3.04. The first-order valence-corrected chi connectivity index (χ1v) is 8.90. The summed E-state index contributed by atoms with van der Waals surface area (Å²) in [4.78, 5) is 19.3. The third-order valence-electron chi connectivity index (χ3n) is 3.76. The lowest BCUT2D eigenvalue weighted by Gasteiger charge is -2.19. The summed E-state index contributed by atoms with van der Waals surface area (Å²) in [5, 5.41) is 7.57. The number of benzene rings is 1. The molecule has 0 amide bonds. The Morgan fingerprint density at radius 2 is 2.11 bits per heavy atom. The van der Waals surface area contributed by atoms with Gasteiger partial charge in [-0.3, -0.25) is 9.78 Å². The molecule has 10 heteroatoms. The third-order valence-corrected chi connectivity index (χ3v) is 4.25. The van der Waals surface area contributed by atoms with Gasteiger partial charge < -0.3 is 10.1 Å². The van der Waals surface area contributed by atoms with Crippen molar-refractivity contribution in [3.63, 3.8) is 0 Å². The summed E-state index contributed by atoms with van der Waals surface area (Å²) < 4.78 is 32.1. The molecule has 0 radical (unpaired) electrons. The normalized spacial score (nSPS) is 12.0. The van der Waals surface area contributed by atoms with Crippen molar-refractivity contribution in [1.29, 1.82) is 0 Å². The number of aromatic nitrogens is 4. The van der Waals surface area contributed by atoms with Gasteiger partial charge in [0.1, 0.15) is 11.1 Å². The third kappa shape index (κ3) is 4.26. The number of aromatic amines is 1. The highest BCUT2D eigenvalue weighted by Gasteiger charge is 2.20. The van der Waals surface area contributed by atoms with Crippen molar-refractivity contribution in [2.75, 3.05) is 5.32 Å². The van der Waals surface area contributed by atoms with E-state index >= 15 is 0 Å². The van der Waals surface area contributed by atoms with E-state index in [4.69, 9.17) is 0 Å². The fourth-order valence-electron chi connectivity index (χ4n) is 2.57. The second-order valence-electron chi connectivity index (χ2n) is 6.86. The van der Waals surface area contributed by atoms with Crippen LogP contribution in [0.5, 0.6) is 5.75 Å². The van der Waals surface area contributed by atoms with E-state index < -0.39 is 6.61 Å². The van der Waals surface area contributed by atoms with Gasteiger partial charge in [0.15, 0.2) is 5.65 Å². The number of ether oxygens (including phenoxy) is 1. The number of hydrogen-bond donors (Lipinski definition) is 2. The van der Waals surface area contributed by atoms with E-state index in [2.05, 4.69) is 41.1 Å². The monoisotopic (exact) mass is 441 g/mol. The van der Waals surface area contributed by atoms with Crippen LogP contribution in [0.4, 0.5) is 14.7 Å². The lowest BCUT2D eigenvalue weighted by molar-refractivity contribution is -0.0504. The minimum atomic E-state index is -2.93. The number of H-pyrrole nitrogens is 1. The quantitative estimate of drug-likeness (QED) is 0.627. The second kappa shape index (κ2) is 7.26. The number of halogens is 3. The molecule has 0 atom stereocenters. The Bertz CT molecular complexity index is 1030. The number of anilines is 1. The van der Waals surface area contributed by atoms with E-state index in [0.717, 1.165) is 0 Å². The topological polar surface area (TPSA) is 84.8 Å². The molecule has 0 aliphatic rings. The first kappa shape index (κ1) is 19.3. The minimum Gasteiger partial charge on any atom is -0.434 e. The molecule has 0 saturated carbocycles. The Balaban J connectivity index is 1.92. The van der Waals surface area contributed by atoms with Crippen molar-refractivity contribution >= 4 is 32.9 Å². The summed E-state index contributed by atoms with van der Waals surface area (Å²) >= 11 is 3.30. The van der Waals surface area contributed by atoms with Crippen LogP contribution in [-0.2, 0) is 12.1 Å². The van der Waals surface area contributed by atoms with E-state index in [-0.39, 0.29) is 29.3 Å². The lowest BCUT2D eigenvalue weighted by atomic mass is 10.1. The average Bonchev–Trinajstić information content (AvgIpc) is 2.99. The second-order valence-corrected chi connectivity index (χ2v) is 7.78. The van der Waals surface area contributed by atoms with E-state index in [1.807, 2.05) is 20.8 Å². The van der Waals surface area contributed by atoms with Crippen molar-refractivity contribution in [2.24, 2.45) is 0 Å². The summed E-state index contributed by atoms with van der Waals surface area (Å²) in [6, 6.07) is 4.71. The van der Waals surface area contributed by atoms with Gasteiger partial charge in [-0.15, -0.1) is 0 Å². The van der Waals surface area contributed by atoms with E-state index in [1.165, 1.54) is 12.3 Å². The fourth-order valence-corrected chi connectivity index (χ4v) is 2.98. The number of fused-ring (bicyclic) bond motifs is 1. The SMILES string of the molecule is CC(C)(C)n1ncc2c(=O)[nH]c(NCc3cc(Br)ccc3OC(F)F)nc21. The van der Waals surface area contributed by atoms with Gasteiger partial charge in [0.05, 0.1) is 11.7 Å². The average molecular weight is 442 g/mol. The summed E-state index contributed by atoms with van der Waals surface area (Å²) in [6.07, 6.45) is 1.47. The van der Waals surface area contributed by atoms with Crippen LogP contribution >= 0.6 is 15.9 Å². The Kier molecular flexibility index (Phi) is 5.18. The van der Waals surface area contributed by atoms with Gasteiger partial charge in [-0.25, -0.2) is 4.68 Å². The number of alkyl halides is 2. The van der Waals surface area contributed by atoms with Crippen LogP contribution in [0.3, 0.4) is 0 Å². The molecule has 27 heavy (non-hydrogen) atoms. The van der Waals surface area contributed by atoms with Crippen LogP contribution < -0.4 is 15.6 Å². The molecular weight excluding hydrogens is 424 g/mol. The minimum absolute atomic E-state index is 0.0452. The largest absolute Gasteiger partial charge is 0.434 e. The van der Waals surface area contributed by atoms with E-state index in [1.54, 1.807) is 16.8 Å². The molecule has 0 fully saturated rings. The predicted octanol–water partition coefficient (Wildman–Crippen LogP) is 3.85. The molecular formula is C17H18BrF2N5O2. The molecule has 0 unspecified atom stereocenters. The Labute approximate surface area is 161 Å². The molecule has 1 aromatic carbocycles. The summed E-state index contributed by atoms with van der Waals surface area (Å²) in [7, 11) is 0. The highest BCUT2D eigenvalue weighted by atomic mass is 79.9. The zero-order valence-corrected chi connectivity index (χ0v) is 16.5. The number of nitrogens with zero attached hydrogens (tertiary/aromatic N) is 3. The van der Waals surface area contributed by atoms with Crippen LogP contribution in [0.2, 0.25) is 0 Å². The standard InChI is InChI=1S/C17H18BrF2N5O2/c1-17(2,3)25-13-11(8-22-25)14(26)24-16(23-13)21-7-9-6-10(18)4-5-12(9)27-15(19)20/h4-6,8,15H,7H2,1-3H3,(H2,21,23,24,26). The van der Waals surface area contributed by atoms with E-state index in [0.29, 0.717) is 21.1 Å². The van der Waals surface area contributed by atoms with Crippen LogP contribution in [-0.4, -0.2) is 26.4 Å². The summed E-state index contributed by atoms with van der Waals surface area (Å²) in [5.74, 6) is 0.255. The van der Waals surface area contributed by atoms with Crippen LogP contribution in [0.15, 0.2) is 33.7 Å². The van der Waals surface area contributed by atoms with Crippen molar-refractivity contribution in [2.45, 2.75) is 39.5 Å². The molecule has 2 aromatic heterocycles. The molecule has 0 aliphatic carbocycles. The van der Waals surface area contributed by atoms with Crippen molar-refractivity contribution in [3.8, 4) is 5.75 Å². The van der Waals surface area contributed by atoms with Gasteiger partial charge >= 0.3 is 6.61 Å². The number of rotatable bonds is 5. The molecule has 3 rings (SSSR count). The first-order valence-electron chi connectivity index (χ1n) is 8.11. The molecule has 0 aliphatic heterocycles. The molecule has 144 valence electrons. The molecule has 3 aromatic rings. The molecule has 2 N–H and O–H groups in total. The smallest absolute Gasteiger partial charge is 0.387 e. The molecule has 0 saturated heterocycles. The zero-order chi connectivity index (χ0) is 19.8. The maximum atomic E-state index is 12.6. The van der Waals surface area contributed by atoms with Crippen LogP contribution in [0.1, 0.15) is 26.3 Å². The van der Waals surface area contributed by atoms with Gasteiger partial charge in [-0.1, -0.05) is 15.9 Å². The van der Waals surface area contributed by atoms with Crippen molar-refractivity contribution < 1.29 is 13.5 Å². The Hall–Kier alpha value is -2.49. The van der Waals surface area contributed by atoms with Crippen molar-refractivity contribution in [3.05, 3.63) is 44.8 Å². The fraction of sp³-hybridized carbons (Fsp3) is 0.353. The maximum absolute atomic E-state index is 12.6.